The van der Waals surface area contributed by atoms with Crippen LogP contribution in [-0.4, -0.2) is 96.5 Å². The summed E-state index contributed by atoms with van der Waals surface area (Å²) >= 11 is 0. The summed E-state index contributed by atoms with van der Waals surface area (Å²) in [5.74, 6) is -2.96. The van der Waals surface area contributed by atoms with Crippen LogP contribution < -0.4 is 16.0 Å². The smallest absolute Gasteiger partial charge is 0.410 e. The second-order valence-electron chi connectivity index (χ2n) is 12.5. The Bertz CT molecular complexity index is 1510. The minimum absolute atomic E-state index is 0.00203. The van der Waals surface area contributed by atoms with E-state index in [-0.39, 0.29) is 32.1 Å². The van der Waals surface area contributed by atoms with Crippen molar-refractivity contribution < 1.29 is 52.5 Å². The van der Waals surface area contributed by atoms with Crippen molar-refractivity contribution in [2.45, 2.75) is 103 Å². The van der Waals surface area contributed by atoms with Crippen LogP contribution in [0.5, 0.6) is 0 Å². The van der Waals surface area contributed by atoms with Crippen molar-refractivity contribution in [3.05, 3.63) is 71.8 Å². The molecule has 0 saturated carbocycles. The summed E-state index contributed by atoms with van der Waals surface area (Å²) in [4.78, 5) is 77.9. The molecule has 2 fully saturated rings. The maximum absolute atomic E-state index is 13.6. The van der Waals surface area contributed by atoms with Gasteiger partial charge >= 0.3 is 18.0 Å². The zero-order chi connectivity index (χ0) is 36.9. The van der Waals surface area contributed by atoms with Crippen molar-refractivity contribution in [1.29, 1.82) is 0 Å². The van der Waals surface area contributed by atoms with Gasteiger partial charge < -0.3 is 39.6 Å². The second kappa shape index (κ2) is 18.8. The topological polar surface area (TPSA) is 188 Å². The molecule has 0 spiro atoms. The summed E-state index contributed by atoms with van der Waals surface area (Å²) < 4.78 is 28.1. The van der Waals surface area contributed by atoms with Crippen LogP contribution in [0.4, 0.5) is 4.79 Å². The fraction of sp³-hybridized carbons (Fsp3) is 0.500. The van der Waals surface area contributed by atoms with Crippen molar-refractivity contribution in [2.24, 2.45) is 0 Å². The van der Waals surface area contributed by atoms with Crippen LogP contribution in [0.2, 0.25) is 0 Å². The SMILES string of the molecule is CC(=O)N[C@H]1C[C@H](OC[C@H](NC(=O)[C@@H]2CCCN2C(=O)OCc2ccccc2)C(=O)N[C@@H](C)C(=O)OCc2ccccc2)O[C@@H](C)[C@@H]1OC(C)=O. The van der Waals surface area contributed by atoms with E-state index >= 15 is 0 Å². The Balaban J connectivity index is 1.43. The van der Waals surface area contributed by atoms with E-state index in [1.807, 2.05) is 48.5 Å². The van der Waals surface area contributed by atoms with E-state index in [0.717, 1.165) is 11.1 Å². The van der Waals surface area contributed by atoms with Gasteiger partial charge in [0.05, 0.1) is 18.8 Å². The average molecular weight is 711 g/mol. The molecule has 15 heteroatoms. The van der Waals surface area contributed by atoms with E-state index in [9.17, 15) is 28.8 Å². The van der Waals surface area contributed by atoms with Gasteiger partial charge in [-0.25, -0.2) is 9.59 Å². The van der Waals surface area contributed by atoms with Crippen LogP contribution in [0.15, 0.2) is 60.7 Å². The number of rotatable bonds is 14. The molecule has 0 bridgehead atoms. The van der Waals surface area contributed by atoms with Crippen LogP contribution >= 0.6 is 0 Å². The van der Waals surface area contributed by atoms with E-state index in [4.69, 9.17) is 23.7 Å². The van der Waals surface area contributed by atoms with Gasteiger partial charge in [0, 0.05) is 26.8 Å². The van der Waals surface area contributed by atoms with E-state index < -0.39 is 79.1 Å². The number of carbonyl (C=O) groups excluding carboxylic acids is 6. The third kappa shape index (κ3) is 11.8. The Hall–Kier alpha value is -5.02. The third-order valence-corrected chi connectivity index (χ3v) is 8.38. The molecule has 0 radical (unpaired) electrons. The number of hydrogen-bond donors (Lipinski definition) is 3. The summed E-state index contributed by atoms with van der Waals surface area (Å²) in [5, 5.41) is 8.00. The number of ether oxygens (including phenoxy) is 5. The summed E-state index contributed by atoms with van der Waals surface area (Å²) in [6.07, 6.45) is -2.18. The molecule has 4 amide bonds. The normalized spacial score (nSPS) is 22.5. The summed E-state index contributed by atoms with van der Waals surface area (Å²) in [5.41, 5.74) is 1.55. The molecular formula is C36H46N4O11. The van der Waals surface area contributed by atoms with Gasteiger partial charge in [0.1, 0.15) is 37.4 Å². The molecule has 4 rings (SSSR count). The van der Waals surface area contributed by atoms with Gasteiger partial charge in [0.25, 0.3) is 0 Å². The zero-order valence-corrected chi connectivity index (χ0v) is 29.2. The van der Waals surface area contributed by atoms with Crippen molar-refractivity contribution in [2.75, 3.05) is 13.2 Å². The number of carbonyl (C=O) groups is 6. The monoisotopic (exact) mass is 710 g/mol. The predicted octanol–water partition coefficient (Wildman–Crippen LogP) is 2.11. The average Bonchev–Trinajstić information content (AvgIpc) is 3.60. The van der Waals surface area contributed by atoms with Crippen molar-refractivity contribution in [3.8, 4) is 0 Å². The van der Waals surface area contributed by atoms with Gasteiger partial charge in [0.15, 0.2) is 6.29 Å². The molecule has 2 aliphatic heterocycles. The fourth-order valence-corrected chi connectivity index (χ4v) is 5.86. The van der Waals surface area contributed by atoms with Crippen LogP contribution in [0, 0.1) is 0 Å². The van der Waals surface area contributed by atoms with Gasteiger partial charge in [-0.1, -0.05) is 60.7 Å². The molecule has 0 aromatic heterocycles. The first-order valence-electron chi connectivity index (χ1n) is 16.9. The zero-order valence-electron chi connectivity index (χ0n) is 29.2. The highest BCUT2D eigenvalue weighted by atomic mass is 16.7. The van der Waals surface area contributed by atoms with Crippen molar-refractivity contribution in [1.82, 2.24) is 20.9 Å². The van der Waals surface area contributed by atoms with Gasteiger partial charge in [-0.05, 0) is 37.8 Å². The Kier molecular flexibility index (Phi) is 14.3. The molecule has 2 aromatic carbocycles. The largest absolute Gasteiger partial charge is 0.459 e. The summed E-state index contributed by atoms with van der Waals surface area (Å²) in [6, 6.07) is 14.2. The third-order valence-electron chi connectivity index (χ3n) is 8.38. The van der Waals surface area contributed by atoms with Crippen molar-refractivity contribution >= 4 is 35.8 Å². The lowest BCUT2D eigenvalue weighted by Gasteiger charge is -2.40. The molecule has 2 aliphatic rings. The first-order chi connectivity index (χ1) is 24.4. The number of nitrogens with zero attached hydrogens (tertiary/aromatic N) is 1. The lowest BCUT2D eigenvalue weighted by atomic mass is 9.99. The molecule has 7 atom stereocenters. The summed E-state index contributed by atoms with van der Waals surface area (Å²) in [6.45, 7) is 5.58. The molecule has 2 aromatic rings. The van der Waals surface area contributed by atoms with E-state index in [1.54, 1.807) is 19.1 Å². The lowest BCUT2D eigenvalue weighted by molar-refractivity contribution is -0.233. The molecule has 51 heavy (non-hydrogen) atoms. The van der Waals surface area contributed by atoms with Crippen LogP contribution in [0.3, 0.4) is 0 Å². The Labute approximate surface area is 296 Å². The minimum Gasteiger partial charge on any atom is -0.459 e. The molecule has 15 nitrogen and oxygen atoms in total. The highest BCUT2D eigenvalue weighted by Crippen LogP contribution is 2.25. The summed E-state index contributed by atoms with van der Waals surface area (Å²) in [7, 11) is 0. The van der Waals surface area contributed by atoms with Crippen LogP contribution in [0.25, 0.3) is 0 Å². The number of hydrogen-bond acceptors (Lipinski definition) is 11. The molecule has 0 aliphatic carbocycles. The van der Waals surface area contributed by atoms with E-state index in [1.165, 1.54) is 25.7 Å². The molecule has 2 saturated heterocycles. The van der Waals surface area contributed by atoms with Gasteiger partial charge in [-0.3, -0.25) is 24.1 Å². The van der Waals surface area contributed by atoms with E-state index in [0.29, 0.717) is 12.8 Å². The number of amides is 4. The molecule has 3 N–H and O–H groups in total. The standard InChI is InChI=1S/C36H46N4O11/c1-22(35(45)48-19-26-12-7-5-8-13-26)37-33(43)29(21-47-31-18-28(38-24(3)41)32(23(2)50-31)51-25(4)42)39-34(44)30-16-11-17-40(30)36(46)49-20-27-14-9-6-10-15-27/h5-10,12-15,22-23,28-32H,11,16-21H2,1-4H3,(H,37,43)(H,38,41)(H,39,44)/t22-,23-,28-,29-,30-,31+,32-/m0/s1. The Morgan fingerprint density at radius 2 is 1.53 bits per heavy atom. The maximum Gasteiger partial charge on any atom is 0.410 e. The molecule has 0 unspecified atom stereocenters. The maximum atomic E-state index is 13.6. The molecule has 276 valence electrons. The van der Waals surface area contributed by atoms with Gasteiger partial charge in [-0.2, -0.15) is 0 Å². The lowest BCUT2D eigenvalue weighted by Crippen LogP contribution is -2.58. The van der Waals surface area contributed by atoms with Gasteiger partial charge in [0.2, 0.25) is 17.7 Å². The Morgan fingerprint density at radius 1 is 0.902 bits per heavy atom. The van der Waals surface area contributed by atoms with Crippen molar-refractivity contribution in [3.63, 3.8) is 0 Å². The van der Waals surface area contributed by atoms with Gasteiger partial charge in [-0.15, -0.1) is 0 Å². The quantitative estimate of drug-likeness (QED) is 0.193. The highest BCUT2D eigenvalue weighted by molar-refractivity contribution is 5.93. The molecular weight excluding hydrogens is 664 g/mol. The second-order valence-corrected chi connectivity index (χ2v) is 12.5. The first kappa shape index (κ1) is 38.8. The number of esters is 2. The molecule has 2 heterocycles. The number of likely N-dealkylation sites (tertiary alicyclic amines) is 1. The number of nitrogens with one attached hydrogen (secondary N) is 3. The minimum atomic E-state index is -1.34. The number of benzene rings is 2. The highest BCUT2D eigenvalue weighted by Gasteiger charge is 2.41. The fourth-order valence-electron chi connectivity index (χ4n) is 5.86. The predicted molar refractivity (Wildman–Crippen MR) is 180 cm³/mol. The first-order valence-corrected chi connectivity index (χ1v) is 16.9. The van der Waals surface area contributed by atoms with Crippen LogP contribution in [-0.2, 0) is 60.9 Å². The Morgan fingerprint density at radius 3 is 2.14 bits per heavy atom. The van der Waals surface area contributed by atoms with E-state index in [2.05, 4.69) is 16.0 Å². The van der Waals surface area contributed by atoms with Crippen LogP contribution in [0.1, 0.15) is 58.1 Å².